The molecule has 31 heavy (non-hydrogen) atoms. The van der Waals surface area contributed by atoms with Gasteiger partial charge in [-0.25, -0.2) is 0 Å². The van der Waals surface area contributed by atoms with Gasteiger partial charge in [-0.1, -0.05) is 29.8 Å². The molecular weight excluding hydrogens is 410 g/mol. The van der Waals surface area contributed by atoms with Crippen LogP contribution in [0.15, 0.2) is 65.1 Å². The van der Waals surface area contributed by atoms with E-state index >= 15 is 0 Å². The monoisotopic (exact) mass is 433 g/mol. The lowest BCUT2D eigenvalue weighted by molar-refractivity contribution is 0.0710. The topological polar surface area (TPSA) is 58.8 Å². The Labute approximate surface area is 184 Å². The zero-order valence-electron chi connectivity index (χ0n) is 17.3. The van der Waals surface area contributed by atoms with E-state index in [2.05, 4.69) is 21.4 Å². The number of benzene rings is 2. The van der Waals surface area contributed by atoms with Crippen molar-refractivity contribution in [1.29, 1.82) is 0 Å². The third-order valence-corrected chi connectivity index (χ3v) is 6.32. The fourth-order valence-corrected chi connectivity index (χ4v) is 4.53. The molecule has 0 radical (unpaired) electrons. The summed E-state index contributed by atoms with van der Waals surface area (Å²) in [5, 5.41) is 1.18. The van der Waals surface area contributed by atoms with Gasteiger partial charge >= 0.3 is 0 Å². The summed E-state index contributed by atoms with van der Waals surface area (Å²) in [5.74, 6) is 2.71. The van der Waals surface area contributed by atoms with Crippen LogP contribution in [-0.4, -0.2) is 41.4 Å². The average Bonchev–Trinajstić information content (AvgIpc) is 3.46. The average molecular weight is 434 g/mol. The highest BCUT2D eigenvalue weighted by Gasteiger charge is 2.26. The second-order valence-electron chi connectivity index (χ2n) is 7.65. The van der Waals surface area contributed by atoms with Crippen LogP contribution in [0.2, 0.25) is 0 Å². The fraction of sp³-hybridized carbons (Fsp3) is 0.250. The van der Waals surface area contributed by atoms with Crippen LogP contribution >= 0.6 is 11.5 Å². The standard InChI is InChI=1S/C24H23N3O3S/c1-17-6-8-18(9-7-17)29-16-19-10-11-21(30-19)24(28)27-14-12-26(13-15-27)23-20-4-2-3-5-22(20)31-25-23/h2-11H,12-16H2,1H3. The summed E-state index contributed by atoms with van der Waals surface area (Å²) in [6.07, 6.45) is 0. The SMILES string of the molecule is Cc1ccc(OCc2ccc(C(=O)N3CCN(c4nsc5ccccc45)CC3)o2)cc1. The Bertz CT molecular complexity index is 1190. The normalized spacial score (nSPS) is 14.2. The first kappa shape index (κ1) is 19.6. The predicted octanol–water partition coefficient (Wildman–Crippen LogP) is 4.74. The van der Waals surface area contributed by atoms with Crippen molar-refractivity contribution in [2.45, 2.75) is 13.5 Å². The molecule has 1 aliphatic rings. The van der Waals surface area contributed by atoms with E-state index in [9.17, 15) is 4.79 Å². The smallest absolute Gasteiger partial charge is 0.289 e. The van der Waals surface area contributed by atoms with E-state index in [1.165, 1.54) is 27.2 Å². The molecule has 1 saturated heterocycles. The van der Waals surface area contributed by atoms with Gasteiger partial charge in [-0.15, -0.1) is 0 Å². The second kappa shape index (κ2) is 8.43. The molecule has 3 heterocycles. The molecule has 4 aromatic rings. The summed E-state index contributed by atoms with van der Waals surface area (Å²) < 4.78 is 17.3. The van der Waals surface area contributed by atoms with Crippen molar-refractivity contribution in [1.82, 2.24) is 9.27 Å². The van der Waals surface area contributed by atoms with E-state index in [0.717, 1.165) is 24.7 Å². The third kappa shape index (κ3) is 4.14. The summed E-state index contributed by atoms with van der Waals surface area (Å²) in [7, 11) is 0. The maximum atomic E-state index is 12.9. The van der Waals surface area contributed by atoms with Crippen LogP contribution in [-0.2, 0) is 6.61 Å². The van der Waals surface area contributed by atoms with Gasteiger partial charge in [0.15, 0.2) is 5.76 Å². The molecule has 0 spiro atoms. The Balaban J connectivity index is 1.18. The minimum Gasteiger partial charge on any atom is -0.486 e. The molecular formula is C24H23N3O3S. The highest BCUT2D eigenvalue weighted by molar-refractivity contribution is 7.13. The number of anilines is 1. The van der Waals surface area contributed by atoms with Gasteiger partial charge in [-0.3, -0.25) is 4.79 Å². The molecule has 0 bridgehead atoms. The molecule has 0 aliphatic carbocycles. The Morgan fingerprint density at radius 1 is 1.03 bits per heavy atom. The molecule has 5 rings (SSSR count). The quantitative estimate of drug-likeness (QED) is 0.455. The molecule has 6 nitrogen and oxygen atoms in total. The van der Waals surface area contributed by atoms with Gasteiger partial charge in [0.25, 0.3) is 5.91 Å². The van der Waals surface area contributed by atoms with E-state index in [1.807, 2.05) is 48.2 Å². The Morgan fingerprint density at radius 2 is 1.81 bits per heavy atom. The lowest BCUT2D eigenvalue weighted by Crippen LogP contribution is -2.48. The Hall–Kier alpha value is -3.32. The zero-order valence-corrected chi connectivity index (χ0v) is 18.1. The minimum atomic E-state index is -0.0793. The van der Waals surface area contributed by atoms with Crippen molar-refractivity contribution in [2.24, 2.45) is 0 Å². The van der Waals surface area contributed by atoms with Crippen LogP contribution in [0.25, 0.3) is 10.1 Å². The summed E-state index contributed by atoms with van der Waals surface area (Å²) >= 11 is 1.52. The molecule has 7 heteroatoms. The van der Waals surface area contributed by atoms with Crippen molar-refractivity contribution >= 4 is 33.3 Å². The lowest BCUT2D eigenvalue weighted by Gasteiger charge is -2.34. The molecule has 158 valence electrons. The van der Waals surface area contributed by atoms with Gasteiger partial charge in [0.05, 0.1) is 4.70 Å². The molecule has 0 saturated carbocycles. The number of amides is 1. The van der Waals surface area contributed by atoms with E-state index in [-0.39, 0.29) is 5.91 Å². The van der Waals surface area contributed by atoms with Crippen LogP contribution in [0.3, 0.4) is 0 Å². The number of rotatable bonds is 5. The van der Waals surface area contributed by atoms with Gasteiger partial charge in [-0.2, -0.15) is 4.37 Å². The largest absolute Gasteiger partial charge is 0.486 e. The number of carbonyl (C=O) groups is 1. The molecule has 1 fully saturated rings. The molecule has 1 aliphatic heterocycles. The number of aryl methyl sites for hydroxylation is 1. The predicted molar refractivity (Wildman–Crippen MR) is 122 cm³/mol. The zero-order chi connectivity index (χ0) is 21.2. The van der Waals surface area contributed by atoms with Crippen molar-refractivity contribution in [3.63, 3.8) is 0 Å². The number of piperazine rings is 1. The van der Waals surface area contributed by atoms with Crippen LogP contribution in [0.5, 0.6) is 5.75 Å². The second-order valence-corrected chi connectivity index (χ2v) is 8.45. The number of aromatic nitrogens is 1. The number of ether oxygens (including phenoxy) is 1. The number of hydrogen-bond acceptors (Lipinski definition) is 6. The van der Waals surface area contributed by atoms with E-state index in [4.69, 9.17) is 9.15 Å². The summed E-state index contributed by atoms with van der Waals surface area (Å²) in [5.41, 5.74) is 1.18. The van der Waals surface area contributed by atoms with Gasteiger partial charge < -0.3 is 19.0 Å². The first-order valence-electron chi connectivity index (χ1n) is 10.3. The van der Waals surface area contributed by atoms with Crippen LogP contribution in [0.4, 0.5) is 5.82 Å². The maximum Gasteiger partial charge on any atom is 0.289 e. The van der Waals surface area contributed by atoms with E-state index < -0.39 is 0 Å². The van der Waals surface area contributed by atoms with Gasteiger partial charge in [-0.05, 0) is 54.9 Å². The van der Waals surface area contributed by atoms with Crippen molar-refractivity contribution < 1.29 is 13.9 Å². The molecule has 2 aromatic carbocycles. The summed E-state index contributed by atoms with van der Waals surface area (Å²) in [6.45, 7) is 5.11. The Kier molecular flexibility index (Phi) is 5.34. The number of hydrogen-bond donors (Lipinski definition) is 0. The molecule has 2 aromatic heterocycles. The number of furan rings is 1. The molecule has 0 N–H and O–H groups in total. The van der Waals surface area contributed by atoms with Crippen molar-refractivity contribution in [3.8, 4) is 5.75 Å². The van der Waals surface area contributed by atoms with Crippen LogP contribution < -0.4 is 9.64 Å². The van der Waals surface area contributed by atoms with Gasteiger partial charge in [0, 0.05) is 31.6 Å². The highest BCUT2D eigenvalue weighted by Crippen LogP contribution is 2.30. The van der Waals surface area contributed by atoms with Crippen LogP contribution in [0, 0.1) is 6.92 Å². The summed E-state index contributed by atoms with van der Waals surface area (Å²) in [4.78, 5) is 17.0. The van der Waals surface area contributed by atoms with E-state index in [1.54, 1.807) is 12.1 Å². The first-order valence-corrected chi connectivity index (χ1v) is 11.1. The Morgan fingerprint density at radius 3 is 2.61 bits per heavy atom. The lowest BCUT2D eigenvalue weighted by atomic mass is 10.2. The first-order chi connectivity index (χ1) is 15.2. The van der Waals surface area contributed by atoms with Crippen molar-refractivity contribution in [3.05, 3.63) is 77.7 Å². The molecule has 0 atom stereocenters. The summed E-state index contributed by atoms with van der Waals surface area (Å²) in [6, 6.07) is 19.7. The van der Waals surface area contributed by atoms with E-state index in [0.29, 0.717) is 31.2 Å². The fourth-order valence-electron chi connectivity index (χ4n) is 3.74. The number of nitrogens with zero attached hydrogens (tertiary/aromatic N) is 3. The minimum absolute atomic E-state index is 0.0793. The molecule has 1 amide bonds. The van der Waals surface area contributed by atoms with Crippen LogP contribution in [0.1, 0.15) is 21.9 Å². The van der Waals surface area contributed by atoms with Gasteiger partial charge in [0.1, 0.15) is 23.9 Å². The highest BCUT2D eigenvalue weighted by atomic mass is 32.1. The third-order valence-electron chi connectivity index (χ3n) is 5.50. The molecule has 0 unspecified atom stereocenters. The maximum absolute atomic E-state index is 12.9. The number of carbonyl (C=O) groups excluding carboxylic acids is 1. The van der Waals surface area contributed by atoms with Crippen molar-refractivity contribution in [2.75, 3.05) is 31.1 Å². The van der Waals surface area contributed by atoms with Gasteiger partial charge in [0.2, 0.25) is 0 Å². The number of fused-ring (bicyclic) bond motifs is 1.